The van der Waals surface area contributed by atoms with E-state index in [0.717, 1.165) is 44.3 Å². The van der Waals surface area contributed by atoms with Crippen LogP contribution in [0.4, 0.5) is 13.2 Å². The summed E-state index contributed by atoms with van der Waals surface area (Å²) >= 11 is 0. The fourth-order valence-corrected chi connectivity index (χ4v) is 3.95. The molecule has 0 aromatic heterocycles. The van der Waals surface area contributed by atoms with Crippen LogP contribution in [0.2, 0.25) is 0 Å². The number of benzene rings is 5. The van der Waals surface area contributed by atoms with Crippen LogP contribution >= 0.6 is 0 Å². The summed E-state index contributed by atoms with van der Waals surface area (Å²) in [5, 5.41) is 4.08. The number of alkyl halides is 3. The van der Waals surface area contributed by atoms with Gasteiger partial charge in [-0.15, -0.1) is 0 Å². The summed E-state index contributed by atoms with van der Waals surface area (Å²) in [7, 11) is 0. The van der Waals surface area contributed by atoms with Gasteiger partial charge in [0.15, 0.2) is 0 Å². The third-order valence-electron chi connectivity index (χ3n) is 5.39. The van der Waals surface area contributed by atoms with Gasteiger partial charge in [0.05, 0.1) is 5.56 Å². The van der Waals surface area contributed by atoms with Crippen molar-refractivity contribution in [2.75, 3.05) is 0 Å². The van der Waals surface area contributed by atoms with E-state index in [2.05, 4.69) is 12.1 Å². The Labute approximate surface area is 172 Å². The zero-order chi connectivity index (χ0) is 20.7. The average molecular weight is 397 g/mol. The van der Waals surface area contributed by atoms with Gasteiger partial charge >= 0.3 is 6.18 Å². The maximum Gasteiger partial charge on any atom is 0.416 e. The van der Waals surface area contributed by atoms with Crippen molar-refractivity contribution >= 4 is 21.5 Å². The number of hydrogen-bond acceptors (Lipinski definition) is 0. The molecular weight excluding hydrogens is 381 g/mol. The van der Waals surface area contributed by atoms with Gasteiger partial charge in [-0.1, -0.05) is 78.9 Å². The second kappa shape index (κ2) is 7.03. The number of halogens is 3. The standard InChI is InChI=1S/C27H16F3/c28-27(29,30)23-10-5-9-22(17-23)26-24-11-4-3-7-19(24)14-15-25(26)21-13-12-18-6-1-2-8-20(18)16-21/h1-8,10-17H. The predicted molar refractivity (Wildman–Crippen MR) is 116 cm³/mol. The van der Waals surface area contributed by atoms with Crippen molar-refractivity contribution in [3.05, 3.63) is 109 Å². The van der Waals surface area contributed by atoms with Crippen molar-refractivity contribution < 1.29 is 13.2 Å². The van der Waals surface area contributed by atoms with Crippen LogP contribution in [0.15, 0.2) is 97.1 Å². The molecule has 0 spiro atoms. The van der Waals surface area contributed by atoms with Crippen LogP contribution < -0.4 is 0 Å². The highest BCUT2D eigenvalue weighted by molar-refractivity contribution is 6.05. The van der Waals surface area contributed by atoms with E-state index < -0.39 is 11.7 Å². The number of hydrogen-bond donors (Lipinski definition) is 0. The maximum atomic E-state index is 13.4. The molecule has 5 aromatic rings. The van der Waals surface area contributed by atoms with Crippen LogP contribution in [0, 0.1) is 6.07 Å². The topological polar surface area (TPSA) is 0 Å². The highest BCUT2D eigenvalue weighted by atomic mass is 19.4. The molecule has 0 fully saturated rings. The molecule has 5 rings (SSSR count). The fraction of sp³-hybridized carbons (Fsp3) is 0.0370. The van der Waals surface area contributed by atoms with Gasteiger partial charge in [0, 0.05) is 0 Å². The minimum atomic E-state index is -4.41. The molecule has 0 heterocycles. The third kappa shape index (κ3) is 3.22. The first-order chi connectivity index (χ1) is 14.5. The van der Waals surface area contributed by atoms with Gasteiger partial charge in [-0.25, -0.2) is 0 Å². The highest BCUT2D eigenvalue weighted by Crippen LogP contribution is 2.40. The molecule has 0 unspecified atom stereocenters. The Morgan fingerprint density at radius 1 is 0.633 bits per heavy atom. The molecule has 0 saturated heterocycles. The van der Waals surface area contributed by atoms with Crippen LogP contribution in [0.1, 0.15) is 5.56 Å². The molecular formula is C27H16F3. The Bertz CT molecular complexity index is 1380. The minimum absolute atomic E-state index is 0.435. The fourth-order valence-electron chi connectivity index (χ4n) is 3.95. The average Bonchev–Trinajstić information content (AvgIpc) is 2.77. The third-order valence-corrected chi connectivity index (χ3v) is 5.39. The van der Waals surface area contributed by atoms with E-state index in [-0.39, 0.29) is 0 Å². The summed E-state index contributed by atoms with van der Waals surface area (Å²) in [6.45, 7) is 0. The smallest absolute Gasteiger partial charge is 0.166 e. The van der Waals surface area contributed by atoms with Gasteiger partial charge in [-0.05, 0) is 68.1 Å². The molecule has 0 amide bonds. The lowest BCUT2D eigenvalue weighted by atomic mass is 9.88. The molecule has 0 aliphatic heterocycles. The van der Waals surface area contributed by atoms with Crippen molar-refractivity contribution in [2.45, 2.75) is 6.18 Å². The van der Waals surface area contributed by atoms with Crippen molar-refractivity contribution in [1.29, 1.82) is 0 Å². The quantitative estimate of drug-likeness (QED) is 0.282. The molecule has 1 radical (unpaired) electrons. The molecule has 0 atom stereocenters. The van der Waals surface area contributed by atoms with Gasteiger partial charge in [0.25, 0.3) is 0 Å². The molecule has 3 heteroatoms. The van der Waals surface area contributed by atoms with Gasteiger partial charge < -0.3 is 0 Å². The zero-order valence-electron chi connectivity index (χ0n) is 15.9. The van der Waals surface area contributed by atoms with E-state index in [1.165, 1.54) is 12.1 Å². The maximum absolute atomic E-state index is 13.4. The van der Waals surface area contributed by atoms with Crippen molar-refractivity contribution in [2.24, 2.45) is 0 Å². The SMILES string of the molecule is FC(F)(F)c1cc[c]c(-c2c(-c3ccc4ccccc4c3)ccc3ccccc23)c1. The summed E-state index contributed by atoms with van der Waals surface area (Å²) in [6.07, 6.45) is -4.41. The van der Waals surface area contributed by atoms with E-state index in [9.17, 15) is 13.2 Å². The number of rotatable bonds is 2. The van der Waals surface area contributed by atoms with Gasteiger partial charge in [-0.3, -0.25) is 0 Å². The summed E-state index contributed by atoms with van der Waals surface area (Å²) in [6, 6.07) is 32.6. The highest BCUT2D eigenvalue weighted by Gasteiger charge is 2.30. The van der Waals surface area contributed by atoms with Crippen LogP contribution in [0.5, 0.6) is 0 Å². The Kier molecular flexibility index (Phi) is 4.32. The molecule has 30 heavy (non-hydrogen) atoms. The Hall–Kier alpha value is -3.59. The van der Waals surface area contributed by atoms with Crippen molar-refractivity contribution in [1.82, 2.24) is 0 Å². The lowest BCUT2D eigenvalue weighted by Crippen LogP contribution is -2.04. The first kappa shape index (κ1) is 18.4. The molecule has 0 N–H and O–H groups in total. The predicted octanol–water partition coefficient (Wildman–Crippen LogP) is 8.15. The number of fused-ring (bicyclic) bond motifs is 2. The molecule has 145 valence electrons. The second-order valence-electron chi connectivity index (χ2n) is 7.26. The van der Waals surface area contributed by atoms with Crippen LogP contribution in [0.3, 0.4) is 0 Å². The summed E-state index contributed by atoms with van der Waals surface area (Å²) in [5.41, 5.74) is 2.36. The Morgan fingerprint density at radius 2 is 1.33 bits per heavy atom. The lowest BCUT2D eigenvalue weighted by molar-refractivity contribution is -0.137. The van der Waals surface area contributed by atoms with Crippen LogP contribution in [0.25, 0.3) is 43.8 Å². The molecule has 0 saturated carbocycles. The minimum Gasteiger partial charge on any atom is -0.166 e. The molecule has 5 aromatic carbocycles. The molecule has 0 nitrogen and oxygen atoms in total. The first-order valence-electron chi connectivity index (χ1n) is 9.61. The zero-order valence-corrected chi connectivity index (χ0v) is 15.9. The van der Waals surface area contributed by atoms with Gasteiger partial charge in [0.1, 0.15) is 0 Å². The normalized spacial score (nSPS) is 11.8. The summed E-state index contributed by atoms with van der Waals surface area (Å²) < 4.78 is 40.1. The van der Waals surface area contributed by atoms with Crippen molar-refractivity contribution in [3.63, 3.8) is 0 Å². The second-order valence-corrected chi connectivity index (χ2v) is 7.26. The van der Waals surface area contributed by atoms with E-state index in [1.807, 2.05) is 72.8 Å². The Balaban J connectivity index is 1.81. The van der Waals surface area contributed by atoms with Crippen LogP contribution in [-0.4, -0.2) is 0 Å². The lowest BCUT2D eigenvalue weighted by Gasteiger charge is -2.16. The monoisotopic (exact) mass is 397 g/mol. The molecule has 0 aliphatic carbocycles. The first-order valence-corrected chi connectivity index (χ1v) is 9.61. The molecule has 0 aliphatic rings. The largest absolute Gasteiger partial charge is 0.416 e. The molecule has 0 bridgehead atoms. The van der Waals surface area contributed by atoms with E-state index in [1.54, 1.807) is 0 Å². The van der Waals surface area contributed by atoms with E-state index >= 15 is 0 Å². The summed E-state index contributed by atoms with van der Waals surface area (Å²) in [4.78, 5) is 0. The van der Waals surface area contributed by atoms with E-state index in [4.69, 9.17) is 0 Å². The van der Waals surface area contributed by atoms with Crippen LogP contribution in [-0.2, 0) is 6.18 Å². The Morgan fingerprint density at radius 3 is 2.13 bits per heavy atom. The van der Waals surface area contributed by atoms with Gasteiger partial charge in [-0.2, -0.15) is 13.2 Å². The summed E-state index contributed by atoms with van der Waals surface area (Å²) in [5.74, 6) is 0. The van der Waals surface area contributed by atoms with Crippen molar-refractivity contribution in [3.8, 4) is 22.3 Å². The van der Waals surface area contributed by atoms with Gasteiger partial charge in [0.2, 0.25) is 0 Å². The van der Waals surface area contributed by atoms with E-state index in [0.29, 0.717) is 5.56 Å².